The molecule has 7 nitrogen and oxygen atoms in total. The van der Waals surface area contributed by atoms with Gasteiger partial charge >= 0.3 is 6.03 Å². The predicted octanol–water partition coefficient (Wildman–Crippen LogP) is 1.58. The second kappa shape index (κ2) is 8.31. The Morgan fingerprint density at radius 2 is 2.21 bits per heavy atom. The number of nitrogens with one attached hydrogen (secondary N) is 1. The number of benzene rings is 1. The summed E-state index contributed by atoms with van der Waals surface area (Å²) in [6, 6.07) is 6.94. The summed E-state index contributed by atoms with van der Waals surface area (Å²) in [6.07, 6.45) is 0.722. The number of urea groups is 1. The summed E-state index contributed by atoms with van der Waals surface area (Å²) in [7, 11) is 1.60. The molecule has 1 aliphatic rings. The Labute approximate surface area is 141 Å². The molecule has 3 amide bonds. The second-order valence-electron chi connectivity index (χ2n) is 5.67. The number of amides is 3. The molecule has 1 saturated heterocycles. The van der Waals surface area contributed by atoms with Gasteiger partial charge in [-0.1, -0.05) is 6.07 Å². The molecule has 0 unspecified atom stereocenters. The van der Waals surface area contributed by atoms with Crippen molar-refractivity contribution in [1.29, 1.82) is 5.26 Å². The van der Waals surface area contributed by atoms with E-state index in [1.807, 2.05) is 0 Å². The fraction of sp³-hybridized carbons (Fsp3) is 0.471. The third kappa shape index (κ3) is 4.24. The summed E-state index contributed by atoms with van der Waals surface area (Å²) in [5.74, 6) is -0.0813. The minimum Gasteiger partial charge on any atom is -0.383 e. The molecular formula is C17H22N4O3. The lowest BCUT2D eigenvalue weighted by Crippen LogP contribution is -2.42. The normalized spacial score (nSPS) is 15.0. The van der Waals surface area contributed by atoms with Crippen molar-refractivity contribution in [3.8, 4) is 6.07 Å². The van der Waals surface area contributed by atoms with Crippen molar-refractivity contribution in [3.63, 3.8) is 0 Å². The Balaban J connectivity index is 2.03. The van der Waals surface area contributed by atoms with Crippen LogP contribution in [-0.2, 0) is 9.53 Å². The molecule has 1 heterocycles. The van der Waals surface area contributed by atoms with Crippen molar-refractivity contribution in [3.05, 3.63) is 29.3 Å². The molecule has 0 spiro atoms. The first-order valence-corrected chi connectivity index (χ1v) is 7.89. The fourth-order valence-corrected chi connectivity index (χ4v) is 2.62. The van der Waals surface area contributed by atoms with Gasteiger partial charge in [0.25, 0.3) is 0 Å². The van der Waals surface area contributed by atoms with E-state index >= 15 is 0 Å². The van der Waals surface area contributed by atoms with Crippen molar-refractivity contribution in [2.45, 2.75) is 13.3 Å². The molecule has 1 aromatic carbocycles. The van der Waals surface area contributed by atoms with E-state index in [-0.39, 0.29) is 18.5 Å². The topological polar surface area (TPSA) is 85.7 Å². The van der Waals surface area contributed by atoms with E-state index in [1.54, 1.807) is 37.1 Å². The summed E-state index contributed by atoms with van der Waals surface area (Å²) >= 11 is 0. The average molecular weight is 330 g/mol. The number of carbonyl (C=O) groups excluding carboxylic acids is 2. The van der Waals surface area contributed by atoms with Gasteiger partial charge in [-0.25, -0.2) is 4.79 Å². The Hall–Kier alpha value is -2.59. The minimum absolute atomic E-state index is 0.0482. The molecule has 24 heavy (non-hydrogen) atoms. The zero-order valence-electron chi connectivity index (χ0n) is 14.0. The lowest BCUT2D eigenvalue weighted by molar-refractivity contribution is -0.131. The number of nitrogens with zero attached hydrogens (tertiary/aromatic N) is 3. The molecule has 0 atom stereocenters. The van der Waals surface area contributed by atoms with Crippen LogP contribution in [0.2, 0.25) is 0 Å². The molecule has 1 aliphatic heterocycles. The third-order valence-electron chi connectivity index (χ3n) is 4.08. The van der Waals surface area contributed by atoms with Gasteiger partial charge in [-0.3, -0.25) is 4.79 Å². The molecule has 1 fully saturated rings. The number of rotatable bonds is 4. The highest BCUT2D eigenvalue weighted by molar-refractivity contribution is 5.93. The monoisotopic (exact) mass is 330 g/mol. The Bertz CT molecular complexity index is 654. The summed E-state index contributed by atoms with van der Waals surface area (Å²) in [5.41, 5.74) is 1.83. The fourth-order valence-electron chi connectivity index (χ4n) is 2.62. The zero-order chi connectivity index (χ0) is 17.5. The van der Waals surface area contributed by atoms with Gasteiger partial charge in [-0.15, -0.1) is 0 Å². The Morgan fingerprint density at radius 3 is 2.92 bits per heavy atom. The van der Waals surface area contributed by atoms with E-state index < -0.39 is 0 Å². The van der Waals surface area contributed by atoms with Crippen molar-refractivity contribution < 1.29 is 14.3 Å². The number of hydrogen-bond donors (Lipinski definition) is 1. The van der Waals surface area contributed by atoms with Gasteiger partial charge < -0.3 is 19.9 Å². The molecule has 7 heteroatoms. The van der Waals surface area contributed by atoms with Crippen molar-refractivity contribution in [2.75, 3.05) is 45.2 Å². The minimum atomic E-state index is -0.324. The Kier molecular flexibility index (Phi) is 6.15. The van der Waals surface area contributed by atoms with Gasteiger partial charge in [0.2, 0.25) is 5.91 Å². The van der Waals surface area contributed by atoms with Crippen LogP contribution in [0.5, 0.6) is 0 Å². The summed E-state index contributed by atoms with van der Waals surface area (Å²) in [5, 5.41) is 11.9. The van der Waals surface area contributed by atoms with E-state index in [4.69, 9.17) is 10.00 Å². The first kappa shape index (κ1) is 17.8. The first-order valence-electron chi connectivity index (χ1n) is 7.89. The molecule has 0 bridgehead atoms. The largest absolute Gasteiger partial charge is 0.383 e. The average Bonchev–Trinajstić information content (AvgIpc) is 2.76. The van der Waals surface area contributed by atoms with Crippen LogP contribution in [-0.4, -0.2) is 61.6 Å². The maximum Gasteiger partial charge on any atom is 0.322 e. The number of ether oxygens (including phenoxy) is 1. The third-order valence-corrected chi connectivity index (χ3v) is 4.08. The highest BCUT2D eigenvalue weighted by atomic mass is 16.5. The number of nitriles is 1. The van der Waals surface area contributed by atoms with Crippen LogP contribution < -0.4 is 5.32 Å². The molecule has 2 rings (SSSR count). The Morgan fingerprint density at radius 1 is 1.42 bits per heavy atom. The quantitative estimate of drug-likeness (QED) is 0.908. The molecule has 0 aliphatic carbocycles. The van der Waals surface area contributed by atoms with Gasteiger partial charge in [-0.2, -0.15) is 5.26 Å². The molecule has 0 radical (unpaired) electrons. The van der Waals surface area contributed by atoms with Crippen molar-refractivity contribution >= 4 is 17.6 Å². The van der Waals surface area contributed by atoms with Gasteiger partial charge in [0.1, 0.15) is 6.54 Å². The number of methoxy groups -OCH3 is 1. The maximum absolute atomic E-state index is 12.5. The molecule has 128 valence electrons. The smallest absolute Gasteiger partial charge is 0.322 e. The van der Waals surface area contributed by atoms with Gasteiger partial charge in [0, 0.05) is 32.4 Å². The SMILES string of the molecule is COCCN1CCCN(C(=O)Nc2cccc(C#N)c2C)CC1=O. The van der Waals surface area contributed by atoms with Crippen molar-refractivity contribution in [1.82, 2.24) is 9.80 Å². The summed E-state index contributed by atoms with van der Waals surface area (Å²) in [6.45, 7) is 3.99. The lowest BCUT2D eigenvalue weighted by Gasteiger charge is -2.22. The molecular weight excluding hydrogens is 308 g/mol. The highest BCUT2D eigenvalue weighted by Gasteiger charge is 2.25. The summed E-state index contributed by atoms with van der Waals surface area (Å²) < 4.78 is 5.01. The van der Waals surface area contributed by atoms with Gasteiger partial charge in [-0.05, 0) is 31.0 Å². The van der Waals surface area contributed by atoms with Crippen LogP contribution in [0.15, 0.2) is 18.2 Å². The van der Waals surface area contributed by atoms with Crippen LogP contribution in [0.1, 0.15) is 17.5 Å². The van der Waals surface area contributed by atoms with Crippen LogP contribution in [0.4, 0.5) is 10.5 Å². The van der Waals surface area contributed by atoms with Crippen LogP contribution in [0, 0.1) is 18.3 Å². The van der Waals surface area contributed by atoms with Gasteiger partial charge in [0.15, 0.2) is 0 Å². The second-order valence-corrected chi connectivity index (χ2v) is 5.67. The predicted molar refractivity (Wildman–Crippen MR) is 89.6 cm³/mol. The lowest BCUT2D eigenvalue weighted by atomic mass is 10.1. The van der Waals surface area contributed by atoms with E-state index in [2.05, 4.69) is 11.4 Å². The highest BCUT2D eigenvalue weighted by Crippen LogP contribution is 2.19. The van der Waals surface area contributed by atoms with Gasteiger partial charge in [0.05, 0.1) is 18.2 Å². The van der Waals surface area contributed by atoms with Crippen molar-refractivity contribution in [2.24, 2.45) is 0 Å². The van der Waals surface area contributed by atoms with E-state index in [1.165, 1.54) is 4.90 Å². The van der Waals surface area contributed by atoms with Crippen LogP contribution >= 0.6 is 0 Å². The number of hydrogen-bond acceptors (Lipinski definition) is 4. The number of anilines is 1. The standard InChI is InChI=1S/C17H22N4O3/c1-13-14(11-18)5-3-6-15(13)19-17(23)21-8-4-7-20(9-10-24-2)16(22)12-21/h3,5-6H,4,7-10,12H2,1-2H3,(H,19,23). The van der Waals surface area contributed by atoms with E-state index in [9.17, 15) is 9.59 Å². The first-order chi connectivity index (χ1) is 11.6. The maximum atomic E-state index is 12.5. The molecule has 1 aromatic rings. The van der Waals surface area contributed by atoms with E-state index in [0.717, 1.165) is 12.0 Å². The van der Waals surface area contributed by atoms with Crippen LogP contribution in [0.25, 0.3) is 0 Å². The molecule has 0 aromatic heterocycles. The van der Waals surface area contributed by atoms with E-state index in [0.29, 0.717) is 37.5 Å². The molecule has 1 N–H and O–H groups in total. The number of carbonyl (C=O) groups is 2. The zero-order valence-corrected chi connectivity index (χ0v) is 14.0. The molecule has 0 saturated carbocycles. The van der Waals surface area contributed by atoms with Crippen LogP contribution in [0.3, 0.4) is 0 Å². The summed E-state index contributed by atoms with van der Waals surface area (Å²) in [4.78, 5) is 28.0.